The highest BCUT2D eigenvalue weighted by molar-refractivity contribution is 5.72. The monoisotopic (exact) mass is 662 g/mol. The average molecular weight is 663 g/mol. The van der Waals surface area contributed by atoms with Gasteiger partial charge in [-0.15, -0.1) is 0 Å². The second kappa shape index (κ2) is 30.6. The number of carbonyl (C=O) groups excluding carboxylic acids is 2. The number of rotatable bonds is 31. The molecule has 270 valence electrons. The van der Waals surface area contributed by atoms with Crippen molar-refractivity contribution in [3.8, 4) is 0 Å². The Balaban J connectivity index is 4.52. The van der Waals surface area contributed by atoms with Gasteiger partial charge in [-0.25, -0.2) is 4.79 Å². The van der Waals surface area contributed by atoms with Crippen LogP contribution in [0.4, 0.5) is 0 Å². The molecular formula is C39H68NO7+. The van der Waals surface area contributed by atoms with Crippen LogP contribution < -0.4 is 0 Å². The summed E-state index contributed by atoms with van der Waals surface area (Å²) in [4.78, 5) is 36.6. The van der Waals surface area contributed by atoms with Crippen molar-refractivity contribution in [2.45, 2.75) is 142 Å². The molecule has 0 aromatic rings. The molecule has 8 nitrogen and oxygen atoms in total. The van der Waals surface area contributed by atoms with Crippen molar-refractivity contribution in [1.82, 2.24) is 0 Å². The molecule has 0 radical (unpaired) electrons. The van der Waals surface area contributed by atoms with Crippen LogP contribution in [0.1, 0.15) is 129 Å². The summed E-state index contributed by atoms with van der Waals surface area (Å²) >= 11 is 0. The minimum atomic E-state index is -0.892. The van der Waals surface area contributed by atoms with E-state index in [1.807, 2.05) is 33.3 Å². The summed E-state index contributed by atoms with van der Waals surface area (Å²) in [7, 11) is 5.47. The van der Waals surface area contributed by atoms with E-state index in [1.165, 1.54) is 44.9 Å². The first kappa shape index (κ1) is 44.3. The fourth-order valence-electron chi connectivity index (χ4n) is 4.91. The molecule has 0 aliphatic heterocycles. The fraction of sp³-hybridized carbons (Fsp3) is 0.718. The Kier molecular flexibility index (Phi) is 28.8. The summed E-state index contributed by atoms with van der Waals surface area (Å²) < 4.78 is 17.0. The predicted octanol–water partition coefficient (Wildman–Crippen LogP) is 8.90. The highest BCUT2D eigenvalue weighted by Crippen LogP contribution is 2.11. The Bertz CT molecular complexity index is 917. The molecule has 0 aliphatic rings. The number of esters is 2. The molecule has 0 heterocycles. The Morgan fingerprint density at radius 2 is 1.26 bits per heavy atom. The molecule has 0 saturated carbocycles. The minimum Gasteiger partial charge on any atom is -0.477 e. The third-order valence-corrected chi connectivity index (χ3v) is 7.75. The highest BCUT2D eigenvalue weighted by atomic mass is 16.6. The standard InChI is InChI=1S/C39H67NO7/c1-6-8-10-12-14-16-17-18-19-20-22-23-25-27-29-37(41)46-34-35(33-45-32-31-36(39(43)44)40(3,4)5)47-38(42)30-28-26-24-21-15-13-11-9-7-2/h9,11,15,19-21,26,28,35-36H,6-8,10,12-14,16-18,22-25,27,29-34H2,1-5H3/p+1/b11-9+,20-19+,21-15+,28-26+. The summed E-state index contributed by atoms with van der Waals surface area (Å²) in [5.41, 5.74) is 0. The number of likely N-dealkylation sites (N-methyl/N-ethyl adjacent to an activating group) is 1. The van der Waals surface area contributed by atoms with Crippen LogP contribution in [0.5, 0.6) is 0 Å². The van der Waals surface area contributed by atoms with E-state index in [4.69, 9.17) is 14.2 Å². The van der Waals surface area contributed by atoms with E-state index in [0.29, 0.717) is 12.8 Å². The van der Waals surface area contributed by atoms with Gasteiger partial charge < -0.3 is 23.8 Å². The number of aliphatic carboxylic acids is 1. The summed E-state index contributed by atoms with van der Waals surface area (Å²) in [5.74, 6) is -1.65. The maximum atomic E-state index is 12.5. The van der Waals surface area contributed by atoms with Gasteiger partial charge in [-0.2, -0.15) is 0 Å². The van der Waals surface area contributed by atoms with Crippen molar-refractivity contribution >= 4 is 17.9 Å². The second-order valence-corrected chi connectivity index (χ2v) is 13.1. The molecule has 0 aromatic carbocycles. The second-order valence-electron chi connectivity index (χ2n) is 13.1. The summed E-state index contributed by atoms with van der Waals surface area (Å²) in [5, 5.41) is 9.55. The topological polar surface area (TPSA) is 99.1 Å². The van der Waals surface area contributed by atoms with Crippen LogP contribution in [0, 0.1) is 0 Å². The van der Waals surface area contributed by atoms with E-state index < -0.39 is 24.1 Å². The lowest BCUT2D eigenvalue weighted by atomic mass is 10.1. The van der Waals surface area contributed by atoms with Crippen LogP contribution in [0.3, 0.4) is 0 Å². The van der Waals surface area contributed by atoms with Gasteiger partial charge in [0.2, 0.25) is 0 Å². The quantitative estimate of drug-likeness (QED) is 0.0343. The first-order chi connectivity index (χ1) is 22.6. The molecule has 8 heteroatoms. The number of hydrogen-bond donors (Lipinski definition) is 1. The molecule has 0 aliphatic carbocycles. The number of carboxylic acids is 1. The van der Waals surface area contributed by atoms with E-state index in [0.717, 1.165) is 51.4 Å². The van der Waals surface area contributed by atoms with Crippen LogP contribution >= 0.6 is 0 Å². The van der Waals surface area contributed by atoms with Crippen LogP contribution in [0.2, 0.25) is 0 Å². The largest absolute Gasteiger partial charge is 0.477 e. The maximum absolute atomic E-state index is 12.5. The van der Waals surface area contributed by atoms with E-state index >= 15 is 0 Å². The van der Waals surface area contributed by atoms with E-state index in [-0.39, 0.29) is 36.7 Å². The van der Waals surface area contributed by atoms with Gasteiger partial charge in [0, 0.05) is 12.8 Å². The number of hydrogen-bond acceptors (Lipinski definition) is 6. The van der Waals surface area contributed by atoms with Crippen molar-refractivity contribution in [3.63, 3.8) is 0 Å². The van der Waals surface area contributed by atoms with Crippen molar-refractivity contribution in [1.29, 1.82) is 0 Å². The van der Waals surface area contributed by atoms with Gasteiger partial charge in [-0.05, 0) is 51.4 Å². The van der Waals surface area contributed by atoms with Crippen molar-refractivity contribution in [2.24, 2.45) is 0 Å². The van der Waals surface area contributed by atoms with Gasteiger partial charge in [0.1, 0.15) is 6.61 Å². The van der Waals surface area contributed by atoms with E-state index in [9.17, 15) is 19.5 Å². The van der Waals surface area contributed by atoms with Crippen LogP contribution in [-0.2, 0) is 28.6 Å². The number of carbonyl (C=O) groups is 3. The number of ether oxygens (including phenoxy) is 3. The van der Waals surface area contributed by atoms with Gasteiger partial charge in [0.25, 0.3) is 0 Å². The van der Waals surface area contributed by atoms with Gasteiger partial charge in [0.15, 0.2) is 12.1 Å². The average Bonchev–Trinajstić information content (AvgIpc) is 3.01. The molecule has 0 fully saturated rings. The van der Waals surface area contributed by atoms with Gasteiger partial charge in [-0.1, -0.05) is 107 Å². The summed E-state index contributed by atoms with van der Waals surface area (Å²) in [6.07, 6.45) is 33.4. The molecular weight excluding hydrogens is 594 g/mol. The Hall–Kier alpha value is -2.71. The number of nitrogens with zero attached hydrogens (tertiary/aromatic N) is 1. The minimum absolute atomic E-state index is 0.0193. The smallest absolute Gasteiger partial charge is 0.362 e. The SMILES string of the molecule is CC/C=C/C/C=C/C/C=C/CC(=O)OC(COCCC(C(=O)O)[N+](C)(C)C)COC(=O)CCCCC/C=C/CCCCCCCCC. The fourth-order valence-corrected chi connectivity index (χ4v) is 4.91. The van der Waals surface area contributed by atoms with Crippen LogP contribution in [0.25, 0.3) is 0 Å². The first-order valence-electron chi connectivity index (χ1n) is 18.2. The third kappa shape index (κ3) is 29.2. The number of allylic oxidation sites excluding steroid dienone is 7. The zero-order valence-electron chi connectivity index (χ0n) is 30.5. The van der Waals surface area contributed by atoms with Crippen LogP contribution in [0.15, 0.2) is 48.6 Å². The molecule has 0 bridgehead atoms. The predicted molar refractivity (Wildman–Crippen MR) is 192 cm³/mol. The lowest BCUT2D eigenvalue weighted by Crippen LogP contribution is -2.50. The van der Waals surface area contributed by atoms with Crippen molar-refractivity contribution < 1.29 is 38.2 Å². The maximum Gasteiger partial charge on any atom is 0.362 e. The molecule has 2 unspecified atom stereocenters. The van der Waals surface area contributed by atoms with Crippen LogP contribution in [-0.4, -0.2) is 80.6 Å². The van der Waals surface area contributed by atoms with Gasteiger partial charge in [-0.3, -0.25) is 9.59 Å². The summed E-state index contributed by atoms with van der Waals surface area (Å²) in [6.45, 7) is 4.45. The first-order valence-corrected chi connectivity index (χ1v) is 18.2. The molecule has 47 heavy (non-hydrogen) atoms. The molecule has 0 saturated heterocycles. The Morgan fingerprint density at radius 3 is 1.85 bits per heavy atom. The van der Waals surface area contributed by atoms with Gasteiger partial charge in [0.05, 0.1) is 40.8 Å². The van der Waals surface area contributed by atoms with E-state index in [1.54, 1.807) is 6.08 Å². The number of quaternary nitrogens is 1. The summed E-state index contributed by atoms with van der Waals surface area (Å²) in [6, 6.07) is -0.628. The number of unbranched alkanes of at least 4 members (excludes halogenated alkanes) is 10. The van der Waals surface area contributed by atoms with E-state index in [2.05, 4.69) is 44.2 Å². The number of carboxylic acid groups (broad SMARTS) is 1. The highest BCUT2D eigenvalue weighted by Gasteiger charge is 2.31. The van der Waals surface area contributed by atoms with Gasteiger partial charge >= 0.3 is 17.9 Å². The normalized spacial score (nSPS) is 13.6. The zero-order chi connectivity index (χ0) is 35.0. The lowest BCUT2D eigenvalue weighted by molar-refractivity contribution is -0.887. The Labute approximate surface area is 286 Å². The molecule has 0 spiro atoms. The Morgan fingerprint density at radius 1 is 0.681 bits per heavy atom. The molecule has 0 rings (SSSR count). The lowest BCUT2D eigenvalue weighted by Gasteiger charge is -2.31. The van der Waals surface area contributed by atoms with Crippen molar-refractivity contribution in [3.05, 3.63) is 48.6 Å². The zero-order valence-corrected chi connectivity index (χ0v) is 30.5. The van der Waals surface area contributed by atoms with Crippen molar-refractivity contribution in [2.75, 3.05) is 41.0 Å². The molecule has 0 amide bonds. The molecule has 2 atom stereocenters. The molecule has 1 N–H and O–H groups in total. The third-order valence-electron chi connectivity index (χ3n) is 7.75. The molecule has 0 aromatic heterocycles.